The summed E-state index contributed by atoms with van der Waals surface area (Å²) in [7, 11) is 0. The van der Waals surface area contributed by atoms with Crippen LogP contribution in [0.25, 0.3) is 0 Å². The zero-order valence-corrected chi connectivity index (χ0v) is 10.5. The molecule has 1 aromatic rings. The number of hydrogen-bond donors (Lipinski definition) is 3. The molecule has 0 aromatic carbocycles. The van der Waals surface area contributed by atoms with Crippen molar-refractivity contribution in [3.05, 3.63) is 17.8 Å². The molecule has 96 valence electrons. The first kappa shape index (κ1) is 13.8. The SMILES string of the molecule is CC(C)CNC(=O)CNc1ncc(N)cc1C#N. The number of aromatic nitrogens is 1. The largest absolute Gasteiger partial charge is 0.397 e. The molecule has 6 nitrogen and oxygen atoms in total. The van der Waals surface area contributed by atoms with Crippen LogP contribution in [0.2, 0.25) is 0 Å². The number of carbonyl (C=O) groups excluding carboxylic acids is 1. The first-order chi connectivity index (χ1) is 8.52. The van der Waals surface area contributed by atoms with E-state index >= 15 is 0 Å². The Morgan fingerprint density at radius 1 is 1.61 bits per heavy atom. The van der Waals surface area contributed by atoms with Crippen LogP contribution in [0.1, 0.15) is 19.4 Å². The van der Waals surface area contributed by atoms with Gasteiger partial charge in [0.15, 0.2) is 0 Å². The minimum atomic E-state index is -0.133. The molecule has 1 aromatic heterocycles. The van der Waals surface area contributed by atoms with Gasteiger partial charge in [0.1, 0.15) is 11.9 Å². The number of rotatable bonds is 5. The van der Waals surface area contributed by atoms with Crippen LogP contribution in [0.4, 0.5) is 11.5 Å². The molecule has 0 aliphatic heterocycles. The molecule has 0 radical (unpaired) electrons. The molecule has 1 amide bonds. The fourth-order valence-corrected chi connectivity index (χ4v) is 1.25. The van der Waals surface area contributed by atoms with Crippen molar-refractivity contribution >= 4 is 17.4 Å². The molecule has 4 N–H and O–H groups in total. The highest BCUT2D eigenvalue weighted by atomic mass is 16.1. The molecule has 0 saturated carbocycles. The lowest BCUT2D eigenvalue weighted by Gasteiger charge is -2.09. The second-order valence-corrected chi connectivity index (χ2v) is 4.33. The monoisotopic (exact) mass is 247 g/mol. The standard InChI is InChI=1S/C12H17N5O/c1-8(2)5-15-11(18)7-17-12-9(4-13)3-10(14)6-16-12/h3,6,8H,5,7,14H2,1-2H3,(H,15,18)(H,16,17). The molecule has 0 spiro atoms. The minimum Gasteiger partial charge on any atom is -0.397 e. The van der Waals surface area contributed by atoms with Crippen LogP contribution in [0.15, 0.2) is 12.3 Å². The Hall–Kier alpha value is -2.29. The maximum absolute atomic E-state index is 11.5. The number of anilines is 2. The maximum Gasteiger partial charge on any atom is 0.239 e. The lowest BCUT2D eigenvalue weighted by Crippen LogP contribution is -2.32. The molecule has 0 aliphatic carbocycles. The maximum atomic E-state index is 11.5. The van der Waals surface area contributed by atoms with Crippen LogP contribution in [-0.2, 0) is 4.79 Å². The summed E-state index contributed by atoms with van der Waals surface area (Å²) in [6.45, 7) is 4.74. The van der Waals surface area contributed by atoms with Gasteiger partial charge in [-0.15, -0.1) is 0 Å². The van der Waals surface area contributed by atoms with Crippen LogP contribution in [0.5, 0.6) is 0 Å². The van der Waals surface area contributed by atoms with Gasteiger partial charge < -0.3 is 16.4 Å². The lowest BCUT2D eigenvalue weighted by molar-refractivity contribution is -0.119. The summed E-state index contributed by atoms with van der Waals surface area (Å²) in [5, 5.41) is 14.5. The van der Waals surface area contributed by atoms with Gasteiger partial charge >= 0.3 is 0 Å². The number of hydrogen-bond acceptors (Lipinski definition) is 5. The first-order valence-corrected chi connectivity index (χ1v) is 5.69. The molecule has 18 heavy (non-hydrogen) atoms. The van der Waals surface area contributed by atoms with Crippen LogP contribution >= 0.6 is 0 Å². The van der Waals surface area contributed by atoms with E-state index in [0.29, 0.717) is 29.5 Å². The summed E-state index contributed by atoms with van der Waals surface area (Å²) in [5.74, 6) is 0.635. The smallest absolute Gasteiger partial charge is 0.239 e. The van der Waals surface area contributed by atoms with Gasteiger partial charge in [0, 0.05) is 6.54 Å². The van der Waals surface area contributed by atoms with Crippen LogP contribution in [-0.4, -0.2) is 24.0 Å². The van der Waals surface area contributed by atoms with E-state index in [2.05, 4.69) is 15.6 Å². The number of carbonyl (C=O) groups is 1. The first-order valence-electron chi connectivity index (χ1n) is 5.69. The minimum absolute atomic E-state index is 0.0817. The number of amides is 1. The van der Waals surface area contributed by atoms with Gasteiger partial charge in [-0.3, -0.25) is 4.79 Å². The quantitative estimate of drug-likeness (QED) is 0.711. The average Bonchev–Trinajstić information content (AvgIpc) is 2.34. The Kier molecular flexibility index (Phi) is 4.93. The summed E-state index contributed by atoms with van der Waals surface area (Å²) >= 11 is 0. The van der Waals surface area contributed by atoms with Crippen LogP contribution in [0, 0.1) is 17.2 Å². The third-order valence-corrected chi connectivity index (χ3v) is 2.15. The molecule has 0 atom stereocenters. The molecule has 6 heteroatoms. The Morgan fingerprint density at radius 3 is 2.94 bits per heavy atom. The molecular formula is C12H17N5O. The van der Waals surface area contributed by atoms with Crippen molar-refractivity contribution in [3.8, 4) is 6.07 Å². The summed E-state index contributed by atoms with van der Waals surface area (Å²) < 4.78 is 0. The Balaban J connectivity index is 2.54. The number of pyridine rings is 1. The molecule has 0 saturated heterocycles. The predicted molar refractivity (Wildman–Crippen MR) is 69.7 cm³/mol. The van der Waals surface area contributed by atoms with E-state index in [1.807, 2.05) is 19.9 Å². The number of nitrogen functional groups attached to an aromatic ring is 1. The van der Waals surface area contributed by atoms with Crippen LogP contribution < -0.4 is 16.4 Å². The summed E-state index contributed by atoms with van der Waals surface area (Å²) in [5.41, 5.74) is 6.26. The number of nitrogens with zero attached hydrogens (tertiary/aromatic N) is 2. The van der Waals surface area contributed by atoms with Crippen molar-refractivity contribution in [2.24, 2.45) is 5.92 Å². The molecule has 1 rings (SSSR count). The third-order valence-electron chi connectivity index (χ3n) is 2.15. The molecule has 0 aliphatic rings. The Bertz CT molecular complexity index is 464. The number of nitrogens with two attached hydrogens (primary N) is 1. The van der Waals surface area contributed by atoms with E-state index in [1.54, 1.807) is 0 Å². The molecule has 0 fully saturated rings. The third kappa shape index (κ3) is 4.29. The highest BCUT2D eigenvalue weighted by molar-refractivity contribution is 5.80. The highest BCUT2D eigenvalue weighted by Crippen LogP contribution is 2.13. The number of nitrogens with one attached hydrogen (secondary N) is 2. The number of nitriles is 1. The van der Waals surface area contributed by atoms with Gasteiger partial charge in [-0.05, 0) is 12.0 Å². The Labute approximate surface area is 106 Å². The second kappa shape index (κ2) is 6.45. The van der Waals surface area contributed by atoms with E-state index in [1.165, 1.54) is 12.3 Å². The highest BCUT2D eigenvalue weighted by Gasteiger charge is 2.06. The normalized spacial score (nSPS) is 9.89. The summed E-state index contributed by atoms with van der Waals surface area (Å²) in [6, 6.07) is 3.49. The predicted octanol–water partition coefficient (Wildman–Crippen LogP) is 0.720. The molecule has 1 heterocycles. The van der Waals surface area contributed by atoms with Crippen molar-refractivity contribution in [3.63, 3.8) is 0 Å². The van der Waals surface area contributed by atoms with Crippen molar-refractivity contribution in [1.29, 1.82) is 5.26 Å². The van der Waals surface area contributed by atoms with Crippen LogP contribution in [0.3, 0.4) is 0 Å². The van der Waals surface area contributed by atoms with E-state index in [4.69, 9.17) is 11.0 Å². The van der Waals surface area contributed by atoms with Gasteiger partial charge in [0.25, 0.3) is 0 Å². The van der Waals surface area contributed by atoms with Crippen molar-refractivity contribution in [2.75, 3.05) is 24.1 Å². The summed E-state index contributed by atoms with van der Waals surface area (Å²) in [4.78, 5) is 15.5. The van der Waals surface area contributed by atoms with Gasteiger partial charge in [0.05, 0.1) is 24.0 Å². The van der Waals surface area contributed by atoms with E-state index in [-0.39, 0.29) is 12.5 Å². The van der Waals surface area contributed by atoms with Gasteiger partial charge in [-0.25, -0.2) is 4.98 Å². The molecule has 0 unspecified atom stereocenters. The lowest BCUT2D eigenvalue weighted by atomic mass is 10.2. The molecular weight excluding hydrogens is 230 g/mol. The van der Waals surface area contributed by atoms with Crippen molar-refractivity contribution < 1.29 is 4.79 Å². The fourth-order valence-electron chi connectivity index (χ4n) is 1.25. The van der Waals surface area contributed by atoms with E-state index in [0.717, 1.165) is 0 Å². The zero-order valence-electron chi connectivity index (χ0n) is 10.5. The summed E-state index contributed by atoms with van der Waals surface area (Å²) in [6.07, 6.45) is 1.44. The van der Waals surface area contributed by atoms with Crippen molar-refractivity contribution in [2.45, 2.75) is 13.8 Å². The van der Waals surface area contributed by atoms with Gasteiger partial charge in [0.2, 0.25) is 5.91 Å². The fraction of sp³-hybridized carbons (Fsp3) is 0.417. The van der Waals surface area contributed by atoms with Gasteiger partial charge in [-0.2, -0.15) is 5.26 Å². The average molecular weight is 247 g/mol. The zero-order chi connectivity index (χ0) is 13.5. The van der Waals surface area contributed by atoms with Crippen molar-refractivity contribution in [1.82, 2.24) is 10.3 Å². The topological polar surface area (TPSA) is 104 Å². The van der Waals surface area contributed by atoms with E-state index in [9.17, 15) is 4.79 Å². The van der Waals surface area contributed by atoms with E-state index < -0.39 is 0 Å². The van der Waals surface area contributed by atoms with Gasteiger partial charge in [-0.1, -0.05) is 13.8 Å². The Morgan fingerprint density at radius 2 is 2.33 bits per heavy atom. The second-order valence-electron chi connectivity index (χ2n) is 4.33. The molecule has 0 bridgehead atoms.